The fourth-order valence-electron chi connectivity index (χ4n) is 2.01. The highest BCUT2D eigenvalue weighted by Crippen LogP contribution is 2.18. The Morgan fingerprint density at radius 3 is 2.38 bits per heavy atom. The van der Waals surface area contributed by atoms with E-state index in [9.17, 15) is 4.79 Å². The minimum absolute atomic E-state index is 0.0186. The largest absolute Gasteiger partial charge is 0.381 e. The standard InChI is InChI=1S/C17H19BrN2O/c1-12-10-13(4-9-16(12)18)11-19-15-7-5-14(6-8-15)17(21)20(2)3/h4-10,19H,11H2,1-3H3. The van der Waals surface area contributed by atoms with E-state index in [1.165, 1.54) is 11.1 Å². The van der Waals surface area contributed by atoms with Gasteiger partial charge in [0, 0.05) is 36.4 Å². The van der Waals surface area contributed by atoms with E-state index in [0.29, 0.717) is 5.56 Å². The van der Waals surface area contributed by atoms with Crippen molar-refractivity contribution in [1.29, 1.82) is 0 Å². The third kappa shape index (κ3) is 4.08. The third-order valence-corrected chi connectivity index (χ3v) is 4.15. The maximum atomic E-state index is 11.8. The van der Waals surface area contributed by atoms with Crippen LogP contribution in [0.4, 0.5) is 5.69 Å². The van der Waals surface area contributed by atoms with Gasteiger partial charge in [0.25, 0.3) is 5.91 Å². The van der Waals surface area contributed by atoms with Gasteiger partial charge in [-0.05, 0) is 48.4 Å². The van der Waals surface area contributed by atoms with Gasteiger partial charge in [-0.2, -0.15) is 0 Å². The van der Waals surface area contributed by atoms with Gasteiger partial charge in [-0.3, -0.25) is 4.79 Å². The van der Waals surface area contributed by atoms with Crippen LogP contribution in [0.2, 0.25) is 0 Å². The van der Waals surface area contributed by atoms with Crippen molar-refractivity contribution in [2.45, 2.75) is 13.5 Å². The minimum atomic E-state index is 0.0186. The predicted octanol–water partition coefficient (Wildman–Crippen LogP) is 4.07. The summed E-state index contributed by atoms with van der Waals surface area (Å²) in [5.74, 6) is 0.0186. The summed E-state index contributed by atoms with van der Waals surface area (Å²) in [6.45, 7) is 2.84. The lowest BCUT2D eigenvalue weighted by atomic mass is 10.1. The molecule has 0 atom stereocenters. The first-order valence-electron chi connectivity index (χ1n) is 6.78. The van der Waals surface area contributed by atoms with Crippen LogP contribution >= 0.6 is 15.9 Å². The van der Waals surface area contributed by atoms with Crippen LogP contribution in [0, 0.1) is 6.92 Å². The van der Waals surface area contributed by atoms with Gasteiger partial charge in [0.05, 0.1) is 0 Å². The van der Waals surface area contributed by atoms with Crippen LogP contribution in [0.3, 0.4) is 0 Å². The highest BCUT2D eigenvalue weighted by Gasteiger charge is 2.07. The molecular weight excluding hydrogens is 328 g/mol. The maximum absolute atomic E-state index is 11.8. The molecule has 0 unspecified atom stereocenters. The van der Waals surface area contributed by atoms with Crippen LogP contribution < -0.4 is 5.32 Å². The van der Waals surface area contributed by atoms with E-state index in [1.807, 2.05) is 24.3 Å². The summed E-state index contributed by atoms with van der Waals surface area (Å²) in [5, 5.41) is 3.36. The zero-order valence-corrected chi connectivity index (χ0v) is 14.1. The Morgan fingerprint density at radius 1 is 1.14 bits per heavy atom. The van der Waals surface area contributed by atoms with Crippen LogP contribution in [-0.2, 0) is 6.54 Å². The molecule has 0 radical (unpaired) electrons. The van der Waals surface area contributed by atoms with Crippen LogP contribution in [0.5, 0.6) is 0 Å². The van der Waals surface area contributed by atoms with Crippen LogP contribution in [-0.4, -0.2) is 24.9 Å². The fraction of sp³-hybridized carbons (Fsp3) is 0.235. The molecule has 2 rings (SSSR count). The number of carbonyl (C=O) groups is 1. The van der Waals surface area contributed by atoms with Crippen molar-refractivity contribution in [1.82, 2.24) is 4.90 Å². The summed E-state index contributed by atoms with van der Waals surface area (Å²) in [7, 11) is 3.51. The Labute approximate surface area is 134 Å². The predicted molar refractivity (Wildman–Crippen MR) is 90.7 cm³/mol. The summed E-state index contributed by atoms with van der Waals surface area (Å²) in [4.78, 5) is 13.4. The molecule has 2 aromatic rings. The Hall–Kier alpha value is -1.81. The quantitative estimate of drug-likeness (QED) is 0.904. The Morgan fingerprint density at radius 2 is 1.81 bits per heavy atom. The smallest absolute Gasteiger partial charge is 0.253 e. The van der Waals surface area contributed by atoms with Gasteiger partial charge < -0.3 is 10.2 Å². The van der Waals surface area contributed by atoms with E-state index >= 15 is 0 Å². The molecule has 0 aliphatic rings. The molecule has 0 aromatic heterocycles. The minimum Gasteiger partial charge on any atom is -0.381 e. The molecule has 4 heteroatoms. The number of benzene rings is 2. The second-order valence-corrected chi connectivity index (χ2v) is 6.07. The van der Waals surface area contributed by atoms with Gasteiger partial charge in [0.1, 0.15) is 0 Å². The molecule has 110 valence electrons. The highest BCUT2D eigenvalue weighted by molar-refractivity contribution is 9.10. The lowest BCUT2D eigenvalue weighted by Crippen LogP contribution is -2.21. The van der Waals surface area contributed by atoms with Crippen LogP contribution in [0.25, 0.3) is 0 Å². The van der Waals surface area contributed by atoms with Crippen molar-refractivity contribution in [3.63, 3.8) is 0 Å². The van der Waals surface area contributed by atoms with E-state index in [2.05, 4.69) is 46.4 Å². The summed E-state index contributed by atoms with van der Waals surface area (Å²) < 4.78 is 1.12. The molecule has 1 amide bonds. The first-order chi connectivity index (χ1) is 9.97. The molecule has 0 fully saturated rings. The topological polar surface area (TPSA) is 32.3 Å². The molecule has 21 heavy (non-hydrogen) atoms. The first-order valence-corrected chi connectivity index (χ1v) is 7.57. The molecule has 1 N–H and O–H groups in total. The molecule has 0 aliphatic carbocycles. The molecule has 0 heterocycles. The molecule has 0 spiro atoms. The highest BCUT2D eigenvalue weighted by atomic mass is 79.9. The number of hydrogen-bond acceptors (Lipinski definition) is 2. The summed E-state index contributed by atoms with van der Waals surface area (Å²) in [6.07, 6.45) is 0. The van der Waals surface area contributed by atoms with Gasteiger partial charge in [0.2, 0.25) is 0 Å². The maximum Gasteiger partial charge on any atom is 0.253 e. The second-order valence-electron chi connectivity index (χ2n) is 5.21. The number of aryl methyl sites for hydroxylation is 1. The molecule has 0 bridgehead atoms. The van der Waals surface area contributed by atoms with Gasteiger partial charge in [0.15, 0.2) is 0 Å². The van der Waals surface area contributed by atoms with Crippen LogP contribution in [0.15, 0.2) is 46.9 Å². The number of anilines is 1. The van der Waals surface area contributed by atoms with Crippen molar-refractivity contribution in [2.75, 3.05) is 19.4 Å². The van der Waals surface area contributed by atoms with Crippen molar-refractivity contribution in [3.8, 4) is 0 Å². The van der Waals surface area contributed by atoms with E-state index < -0.39 is 0 Å². The molecule has 0 saturated carbocycles. The molecular formula is C17H19BrN2O. The van der Waals surface area contributed by atoms with E-state index in [-0.39, 0.29) is 5.91 Å². The average Bonchev–Trinajstić information content (AvgIpc) is 2.48. The van der Waals surface area contributed by atoms with Crippen molar-refractivity contribution in [2.24, 2.45) is 0 Å². The number of nitrogens with zero attached hydrogens (tertiary/aromatic N) is 1. The summed E-state index contributed by atoms with van der Waals surface area (Å²) in [5.41, 5.74) is 4.15. The van der Waals surface area contributed by atoms with Gasteiger partial charge in [-0.25, -0.2) is 0 Å². The van der Waals surface area contributed by atoms with Crippen LogP contribution in [0.1, 0.15) is 21.5 Å². The monoisotopic (exact) mass is 346 g/mol. The van der Waals surface area contributed by atoms with E-state index in [0.717, 1.165) is 16.7 Å². The third-order valence-electron chi connectivity index (χ3n) is 3.26. The first kappa shape index (κ1) is 15.6. The van der Waals surface area contributed by atoms with E-state index in [1.54, 1.807) is 19.0 Å². The number of nitrogens with one attached hydrogen (secondary N) is 1. The zero-order chi connectivity index (χ0) is 15.4. The zero-order valence-electron chi connectivity index (χ0n) is 12.5. The molecule has 0 aliphatic heterocycles. The van der Waals surface area contributed by atoms with Gasteiger partial charge >= 0.3 is 0 Å². The number of hydrogen-bond donors (Lipinski definition) is 1. The SMILES string of the molecule is Cc1cc(CNc2ccc(C(=O)N(C)C)cc2)ccc1Br. The second kappa shape index (κ2) is 6.76. The van der Waals surface area contributed by atoms with Gasteiger partial charge in [-0.1, -0.05) is 28.1 Å². The Balaban J connectivity index is 2.00. The molecule has 3 nitrogen and oxygen atoms in total. The fourth-order valence-corrected chi connectivity index (χ4v) is 2.26. The number of carbonyl (C=O) groups excluding carboxylic acids is 1. The lowest BCUT2D eigenvalue weighted by molar-refractivity contribution is 0.0827. The van der Waals surface area contributed by atoms with Crippen molar-refractivity contribution < 1.29 is 4.79 Å². The number of halogens is 1. The summed E-state index contributed by atoms with van der Waals surface area (Å²) in [6, 6.07) is 13.9. The Kier molecular flexibility index (Phi) is 5.02. The normalized spacial score (nSPS) is 10.3. The van der Waals surface area contributed by atoms with Crippen molar-refractivity contribution >= 4 is 27.5 Å². The average molecular weight is 347 g/mol. The van der Waals surface area contributed by atoms with E-state index in [4.69, 9.17) is 0 Å². The Bertz CT molecular complexity index is 636. The summed E-state index contributed by atoms with van der Waals surface area (Å²) >= 11 is 3.50. The molecule has 2 aromatic carbocycles. The number of rotatable bonds is 4. The molecule has 0 saturated heterocycles. The lowest BCUT2D eigenvalue weighted by Gasteiger charge is -2.11. The van der Waals surface area contributed by atoms with Crippen molar-refractivity contribution in [3.05, 3.63) is 63.6 Å². The van der Waals surface area contributed by atoms with Gasteiger partial charge in [-0.15, -0.1) is 0 Å². The number of amides is 1.